The Morgan fingerprint density at radius 3 is 2.56 bits per heavy atom. The van der Waals surface area contributed by atoms with Crippen molar-refractivity contribution >= 4 is 15.7 Å². The lowest BCUT2D eigenvalue weighted by molar-refractivity contribution is 0.254. The SMILES string of the molecule is CCC(CO)NS(=O)(=O)c1cc(C)c(F)c(N)c1. The lowest BCUT2D eigenvalue weighted by Gasteiger charge is -2.15. The number of nitrogen functional groups attached to an aromatic ring is 1. The van der Waals surface area contributed by atoms with Gasteiger partial charge in [-0.1, -0.05) is 6.92 Å². The second-order valence-electron chi connectivity index (χ2n) is 4.05. The van der Waals surface area contributed by atoms with Crippen LogP contribution in [0.3, 0.4) is 0 Å². The molecule has 0 heterocycles. The van der Waals surface area contributed by atoms with Gasteiger partial charge in [-0.25, -0.2) is 17.5 Å². The molecule has 0 saturated heterocycles. The highest BCUT2D eigenvalue weighted by Crippen LogP contribution is 2.21. The van der Waals surface area contributed by atoms with Crippen molar-refractivity contribution in [1.29, 1.82) is 0 Å². The molecule has 1 aromatic carbocycles. The van der Waals surface area contributed by atoms with E-state index in [1.165, 1.54) is 13.0 Å². The van der Waals surface area contributed by atoms with E-state index in [9.17, 15) is 12.8 Å². The minimum Gasteiger partial charge on any atom is -0.396 e. The molecule has 0 aromatic heterocycles. The zero-order valence-electron chi connectivity index (χ0n) is 10.3. The summed E-state index contributed by atoms with van der Waals surface area (Å²) < 4.78 is 39.6. The minimum absolute atomic E-state index is 0.106. The van der Waals surface area contributed by atoms with Crippen LogP contribution in [0.1, 0.15) is 18.9 Å². The van der Waals surface area contributed by atoms with Gasteiger partial charge in [-0.15, -0.1) is 0 Å². The molecule has 102 valence electrons. The van der Waals surface area contributed by atoms with E-state index in [0.29, 0.717) is 6.42 Å². The fourth-order valence-electron chi connectivity index (χ4n) is 1.46. The number of halogens is 1. The van der Waals surface area contributed by atoms with Gasteiger partial charge < -0.3 is 10.8 Å². The molecule has 1 rings (SSSR count). The Kier molecular flexibility index (Phi) is 4.66. The van der Waals surface area contributed by atoms with Crippen LogP contribution in [0.4, 0.5) is 10.1 Å². The summed E-state index contributed by atoms with van der Waals surface area (Å²) in [5, 5.41) is 8.98. The van der Waals surface area contributed by atoms with Gasteiger partial charge in [-0.3, -0.25) is 0 Å². The predicted molar refractivity (Wildman–Crippen MR) is 67.0 cm³/mol. The average molecular weight is 276 g/mol. The monoisotopic (exact) mass is 276 g/mol. The molecule has 5 nitrogen and oxygen atoms in total. The predicted octanol–water partition coefficient (Wildman–Crippen LogP) is 0.766. The number of benzene rings is 1. The number of aliphatic hydroxyl groups is 1. The summed E-state index contributed by atoms with van der Waals surface area (Å²) in [7, 11) is -3.80. The van der Waals surface area contributed by atoms with Crippen molar-refractivity contribution in [3.05, 3.63) is 23.5 Å². The van der Waals surface area contributed by atoms with E-state index < -0.39 is 21.9 Å². The van der Waals surface area contributed by atoms with Gasteiger partial charge in [0.15, 0.2) is 0 Å². The summed E-state index contributed by atoms with van der Waals surface area (Å²) in [6.07, 6.45) is 0.450. The molecule has 0 aliphatic rings. The van der Waals surface area contributed by atoms with Crippen LogP contribution >= 0.6 is 0 Å². The molecule has 0 bridgehead atoms. The quantitative estimate of drug-likeness (QED) is 0.692. The Balaban J connectivity index is 3.13. The zero-order chi connectivity index (χ0) is 13.9. The topological polar surface area (TPSA) is 92.4 Å². The van der Waals surface area contributed by atoms with Crippen molar-refractivity contribution in [3.8, 4) is 0 Å². The van der Waals surface area contributed by atoms with Gasteiger partial charge in [0.25, 0.3) is 0 Å². The van der Waals surface area contributed by atoms with Gasteiger partial charge >= 0.3 is 0 Å². The first-order valence-corrected chi connectivity index (χ1v) is 6.99. The van der Waals surface area contributed by atoms with Crippen molar-refractivity contribution in [2.45, 2.75) is 31.2 Å². The summed E-state index contributed by atoms with van der Waals surface area (Å²) in [5.74, 6) is -0.622. The highest BCUT2D eigenvalue weighted by atomic mass is 32.2. The highest BCUT2D eigenvalue weighted by molar-refractivity contribution is 7.89. The molecule has 0 amide bonds. The second kappa shape index (κ2) is 5.64. The van der Waals surface area contributed by atoms with Gasteiger partial charge in [-0.2, -0.15) is 0 Å². The third-order valence-electron chi connectivity index (χ3n) is 2.60. The third-order valence-corrected chi connectivity index (χ3v) is 4.10. The second-order valence-corrected chi connectivity index (χ2v) is 5.77. The van der Waals surface area contributed by atoms with Gasteiger partial charge in [0, 0.05) is 6.04 Å². The van der Waals surface area contributed by atoms with Crippen molar-refractivity contribution < 1.29 is 17.9 Å². The van der Waals surface area contributed by atoms with Crippen LogP contribution in [0, 0.1) is 12.7 Å². The van der Waals surface area contributed by atoms with E-state index in [-0.39, 0.29) is 22.8 Å². The van der Waals surface area contributed by atoms with E-state index in [1.807, 2.05) is 0 Å². The molecule has 7 heteroatoms. The standard InChI is InChI=1S/C11H17FN2O3S/c1-3-8(6-15)14-18(16,17)9-4-7(2)11(12)10(13)5-9/h4-5,8,14-15H,3,6,13H2,1-2H3. The number of rotatable bonds is 5. The van der Waals surface area contributed by atoms with Crippen LogP contribution in [0.2, 0.25) is 0 Å². The Bertz CT molecular complexity index is 504. The van der Waals surface area contributed by atoms with Crippen LogP contribution < -0.4 is 10.5 Å². The lowest BCUT2D eigenvalue weighted by atomic mass is 10.2. The first kappa shape index (κ1) is 14.9. The minimum atomic E-state index is -3.80. The van der Waals surface area contributed by atoms with Gasteiger partial charge in [0.05, 0.1) is 17.2 Å². The summed E-state index contributed by atoms with van der Waals surface area (Å²) in [6, 6.07) is 1.70. The molecule has 0 radical (unpaired) electrons. The molecule has 1 aromatic rings. The Hall–Kier alpha value is -1.18. The average Bonchev–Trinajstić information content (AvgIpc) is 2.32. The number of sulfonamides is 1. The number of aryl methyl sites for hydroxylation is 1. The van der Waals surface area contributed by atoms with E-state index in [4.69, 9.17) is 10.8 Å². The molecule has 1 atom stereocenters. The van der Waals surface area contributed by atoms with Crippen molar-refractivity contribution in [2.75, 3.05) is 12.3 Å². The molecular weight excluding hydrogens is 259 g/mol. The molecule has 0 aliphatic carbocycles. The molecular formula is C11H17FN2O3S. The Morgan fingerprint density at radius 1 is 1.50 bits per heavy atom. The largest absolute Gasteiger partial charge is 0.396 e. The summed E-state index contributed by atoms with van der Waals surface area (Å²) in [5.41, 5.74) is 5.34. The van der Waals surface area contributed by atoms with Crippen LogP contribution in [-0.4, -0.2) is 26.2 Å². The maximum Gasteiger partial charge on any atom is 0.240 e. The fourth-order valence-corrected chi connectivity index (χ4v) is 2.89. The Morgan fingerprint density at radius 2 is 2.11 bits per heavy atom. The summed E-state index contributed by atoms with van der Waals surface area (Å²) in [6.45, 7) is 2.88. The molecule has 18 heavy (non-hydrogen) atoms. The van der Waals surface area contributed by atoms with Gasteiger partial charge in [0.1, 0.15) is 5.82 Å². The van der Waals surface area contributed by atoms with E-state index in [0.717, 1.165) is 6.07 Å². The fraction of sp³-hybridized carbons (Fsp3) is 0.455. The number of nitrogens with one attached hydrogen (secondary N) is 1. The van der Waals surface area contributed by atoms with Crippen LogP contribution in [-0.2, 0) is 10.0 Å². The van der Waals surface area contributed by atoms with Crippen LogP contribution in [0.5, 0.6) is 0 Å². The van der Waals surface area contributed by atoms with Gasteiger partial charge in [0.2, 0.25) is 10.0 Å². The Labute approximate surface area is 106 Å². The normalized spacial score (nSPS) is 13.6. The van der Waals surface area contributed by atoms with Crippen molar-refractivity contribution in [1.82, 2.24) is 4.72 Å². The number of nitrogens with two attached hydrogens (primary N) is 1. The maximum absolute atomic E-state index is 13.3. The summed E-state index contributed by atoms with van der Waals surface area (Å²) >= 11 is 0. The van der Waals surface area contributed by atoms with Crippen molar-refractivity contribution in [3.63, 3.8) is 0 Å². The van der Waals surface area contributed by atoms with E-state index in [1.54, 1.807) is 6.92 Å². The van der Waals surface area contributed by atoms with E-state index in [2.05, 4.69) is 4.72 Å². The van der Waals surface area contributed by atoms with Crippen LogP contribution in [0.25, 0.3) is 0 Å². The molecule has 4 N–H and O–H groups in total. The molecule has 0 fully saturated rings. The maximum atomic E-state index is 13.3. The zero-order valence-corrected chi connectivity index (χ0v) is 11.1. The lowest BCUT2D eigenvalue weighted by Crippen LogP contribution is -2.37. The third kappa shape index (κ3) is 3.18. The van der Waals surface area contributed by atoms with E-state index >= 15 is 0 Å². The highest BCUT2D eigenvalue weighted by Gasteiger charge is 2.20. The number of hydrogen-bond donors (Lipinski definition) is 3. The number of hydrogen-bond acceptors (Lipinski definition) is 4. The van der Waals surface area contributed by atoms with Crippen molar-refractivity contribution in [2.24, 2.45) is 0 Å². The molecule has 0 aliphatic heterocycles. The first-order valence-electron chi connectivity index (χ1n) is 5.50. The first-order chi connectivity index (χ1) is 8.31. The van der Waals surface area contributed by atoms with Gasteiger partial charge in [-0.05, 0) is 31.0 Å². The number of aliphatic hydroxyl groups excluding tert-OH is 1. The van der Waals surface area contributed by atoms with Crippen LogP contribution in [0.15, 0.2) is 17.0 Å². The smallest absolute Gasteiger partial charge is 0.240 e. The molecule has 0 spiro atoms. The molecule has 0 saturated carbocycles. The summed E-state index contributed by atoms with van der Waals surface area (Å²) in [4.78, 5) is -0.106. The number of anilines is 1. The molecule has 1 unspecified atom stereocenters.